The largest absolute Gasteiger partial charge is 0.238 e. The monoisotopic (exact) mass is 386 g/mol. The van der Waals surface area contributed by atoms with E-state index in [4.69, 9.17) is 23.2 Å². The number of aryl methyl sites for hydroxylation is 4. The van der Waals surface area contributed by atoms with Crippen LogP contribution in [0, 0.1) is 27.7 Å². The van der Waals surface area contributed by atoms with Crippen molar-refractivity contribution in [3.8, 4) is 0 Å². The van der Waals surface area contributed by atoms with Gasteiger partial charge in [-0.25, -0.2) is 19.9 Å². The van der Waals surface area contributed by atoms with Gasteiger partial charge in [-0.1, -0.05) is 35.3 Å². The molecule has 0 atom stereocenters. The molecule has 0 spiro atoms. The third-order valence-electron chi connectivity index (χ3n) is 4.23. The molecule has 4 nitrogen and oxygen atoms in total. The summed E-state index contributed by atoms with van der Waals surface area (Å²) in [6.07, 6.45) is 1.31. The molecule has 0 radical (unpaired) electrons. The molecule has 2 heterocycles. The van der Waals surface area contributed by atoms with Crippen LogP contribution < -0.4 is 0 Å². The van der Waals surface area contributed by atoms with Crippen molar-refractivity contribution in [3.63, 3.8) is 0 Å². The van der Waals surface area contributed by atoms with Crippen LogP contribution in [0.2, 0.25) is 10.3 Å². The van der Waals surface area contributed by atoms with E-state index in [0.29, 0.717) is 23.1 Å². The summed E-state index contributed by atoms with van der Waals surface area (Å²) < 4.78 is 0. The molecule has 0 saturated heterocycles. The SMILES string of the molecule is Cc1cc(Cl)nc(Cc2cc(C)c(Cc3nc(C)cc(Cl)n3)cc2C)n1. The van der Waals surface area contributed by atoms with E-state index in [1.165, 1.54) is 22.3 Å². The van der Waals surface area contributed by atoms with Crippen LogP contribution in [-0.4, -0.2) is 19.9 Å². The lowest BCUT2D eigenvalue weighted by Gasteiger charge is -2.12. The molecule has 0 fully saturated rings. The van der Waals surface area contributed by atoms with Crippen LogP contribution in [0.25, 0.3) is 0 Å². The highest BCUT2D eigenvalue weighted by Crippen LogP contribution is 2.21. The van der Waals surface area contributed by atoms with Gasteiger partial charge in [0.15, 0.2) is 0 Å². The Morgan fingerprint density at radius 1 is 0.615 bits per heavy atom. The molecule has 134 valence electrons. The predicted molar refractivity (Wildman–Crippen MR) is 105 cm³/mol. The zero-order valence-electron chi connectivity index (χ0n) is 15.3. The van der Waals surface area contributed by atoms with Crippen molar-refractivity contribution in [2.45, 2.75) is 40.5 Å². The van der Waals surface area contributed by atoms with Gasteiger partial charge in [-0.15, -0.1) is 0 Å². The lowest BCUT2D eigenvalue weighted by Crippen LogP contribution is -2.04. The van der Waals surface area contributed by atoms with Crippen LogP contribution in [0.1, 0.15) is 45.3 Å². The molecule has 3 aromatic rings. The number of rotatable bonds is 4. The summed E-state index contributed by atoms with van der Waals surface area (Å²) in [5.41, 5.74) is 6.50. The summed E-state index contributed by atoms with van der Waals surface area (Å²) in [6.45, 7) is 8.04. The van der Waals surface area contributed by atoms with E-state index in [0.717, 1.165) is 23.0 Å². The molecule has 0 N–H and O–H groups in total. The van der Waals surface area contributed by atoms with Crippen LogP contribution in [0.15, 0.2) is 24.3 Å². The Hall–Kier alpha value is -2.04. The van der Waals surface area contributed by atoms with Crippen molar-refractivity contribution >= 4 is 23.2 Å². The highest BCUT2D eigenvalue weighted by atomic mass is 35.5. The van der Waals surface area contributed by atoms with E-state index in [9.17, 15) is 0 Å². The fourth-order valence-corrected chi connectivity index (χ4v) is 3.50. The van der Waals surface area contributed by atoms with Crippen molar-refractivity contribution in [3.05, 3.63) is 79.9 Å². The summed E-state index contributed by atoms with van der Waals surface area (Å²) >= 11 is 12.1. The van der Waals surface area contributed by atoms with Gasteiger partial charge in [-0.05, 0) is 62.1 Å². The van der Waals surface area contributed by atoms with Gasteiger partial charge >= 0.3 is 0 Å². The average Bonchev–Trinajstić information content (AvgIpc) is 2.50. The van der Waals surface area contributed by atoms with Gasteiger partial charge in [0, 0.05) is 24.2 Å². The van der Waals surface area contributed by atoms with Crippen molar-refractivity contribution in [2.24, 2.45) is 0 Å². The number of halogens is 2. The Morgan fingerprint density at radius 2 is 1.00 bits per heavy atom. The number of nitrogens with zero attached hydrogens (tertiary/aromatic N) is 4. The summed E-state index contributed by atoms with van der Waals surface area (Å²) in [5, 5.41) is 0.957. The maximum absolute atomic E-state index is 6.05. The summed E-state index contributed by atoms with van der Waals surface area (Å²) in [6, 6.07) is 7.89. The minimum atomic E-state index is 0.479. The third kappa shape index (κ3) is 4.57. The highest BCUT2D eigenvalue weighted by Gasteiger charge is 2.10. The first-order chi connectivity index (χ1) is 12.3. The highest BCUT2D eigenvalue weighted by molar-refractivity contribution is 6.29. The molecule has 1 aromatic carbocycles. The second-order valence-corrected chi connectivity index (χ2v) is 7.33. The van der Waals surface area contributed by atoms with Gasteiger partial charge in [-0.3, -0.25) is 0 Å². The summed E-state index contributed by atoms with van der Waals surface area (Å²) in [4.78, 5) is 17.6. The molecule has 0 unspecified atom stereocenters. The van der Waals surface area contributed by atoms with Crippen molar-refractivity contribution in [2.75, 3.05) is 0 Å². The minimum absolute atomic E-state index is 0.479. The van der Waals surface area contributed by atoms with E-state index >= 15 is 0 Å². The van der Waals surface area contributed by atoms with Crippen LogP contribution >= 0.6 is 23.2 Å². The number of benzene rings is 1. The Kier molecular flexibility index (Phi) is 5.54. The van der Waals surface area contributed by atoms with Gasteiger partial charge in [0.25, 0.3) is 0 Å². The third-order valence-corrected chi connectivity index (χ3v) is 4.62. The first kappa shape index (κ1) is 18.7. The Morgan fingerprint density at radius 3 is 1.35 bits per heavy atom. The smallest absolute Gasteiger partial charge is 0.134 e. The Labute approximate surface area is 163 Å². The Bertz CT molecular complexity index is 851. The van der Waals surface area contributed by atoms with Crippen molar-refractivity contribution < 1.29 is 0 Å². The molecule has 0 aliphatic rings. The average molecular weight is 387 g/mol. The van der Waals surface area contributed by atoms with Crippen LogP contribution in [-0.2, 0) is 12.8 Å². The van der Waals surface area contributed by atoms with E-state index in [1.54, 1.807) is 12.1 Å². The van der Waals surface area contributed by atoms with Crippen LogP contribution in [0.3, 0.4) is 0 Å². The fraction of sp³-hybridized carbons (Fsp3) is 0.300. The molecular formula is C20H20Cl2N4. The Balaban J connectivity index is 1.88. The standard InChI is InChI=1S/C20H20Cl2N4/c1-11-5-16(10-20-24-14(4)8-18(22)26-20)12(2)6-15(11)9-19-23-13(3)7-17(21)25-19/h5-8H,9-10H2,1-4H3. The molecule has 3 rings (SSSR count). The normalized spacial score (nSPS) is 11.0. The molecule has 0 aliphatic carbocycles. The van der Waals surface area contributed by atoms with Crippen LogP contribution in [0.5, 0.6) is 0 Å². The van der Waals surface area contributed by atoms with Crippen molar-refractivity contribution in [1.82, 2.24) is 19.9 Å². The second-order valence-electron chi connectivity index (χ2n) is 6.56. The fourth-order valence-electron chi connectivity index (χ4n) is 2.99. The minimum Gasteiger partial charge on any atom is -0.238 e. The molecule has 0 saturated carbocycles. The molecule has 26 heavy (non-hydrogen) atoms. The van der Waals surface area contributed by atoms with Gasteiger partial charge < -0.3 is 0 Å². The zero-order chi connectivity index (χ0) is 18.8. The van der Waals surface area contributed by atoms with E-state index in [2.05, 4.69) is 45.9 Å². The first-order valence-corrected chi connectivity index (χ1v) is 9.15. The van der Waals surface area contributed by atoms with Crippen molar-refractivity contribution in [1.29, 1.82) is 0 Å². The molecular weight excluding hydrogens is 367 g/mol. The van der Waals surface area contributed by atoms with Crippen LogP contribution in [0.4, 0.5) is 0 Å². The summed E-state index contributed by atoms with van der Waals surface area (Å²) in [7, 11) is 0. The summed E-state index contributed by atoms with van der Waals surface area (Å²) in [5.74, 6) is 1.47. The molecule has 0 bridgehead atoms. The van der Waals surface area contributed by atoms with Gasteiger partial charge in [0.2, 0.25) is 0 Å². The molecule has 2 aromatic heterocycles. The topological polar surface area (TPSA) is 51.6 Å². The molecule has 0 amide bonds. The van der Waals surface area contributed by atoms with Gasteiger partial charge in [-0.2, -0.15) is 0 Å². The lowest BCUT2D eigenvalue weighted by atomic mass is 9.96. The number of hydrogen-bond acceptors (Lipinski definition) is 4. The maximum atomic E-state index is 6.05. The predicted octanol–water partition coefficient (Wildman–Crippen LogP) is 4.99. The molecule has 6 heteroatoms. The van der Waals surface area contributed by atoms with Gasteiger partial charge in [0.05, 0.1) is 0 Å². The van der Waals surface area contributed by atoms with E-state index in [-0.39, 0.29) is 0 Å². The van der Waals surface area contributed by atoms with E-state index in [1.807, 2.05) is 13.8 Å². The second kappa shape index (κ2) is 7.68. The first-order valence-electron chi connectivity index (χ1n) is 8.39. The van der Waals surface area contributed by atoms with E-state index < -0.39 is 0 Å². The number of hydrogen-bond donors (Lipinski definition) is 0. The molecule has 0 aliphatic heterocycles. The quantitative estimate of drug-likeness (QED) is 0.592. The number of aromatic nitrogens is 4. The maximum Gasteiger partial charge on any atom is 0.134 e. The van der Waals surface area contributed by atoms with Gasteiger partial charge in [0.1, 0.15) is 22.0 Å². The zero-order valence-corrected chi connectivity index (χ0v) is 16.8. The lowest BCUT2D eigenvalue weighted by molar-refractivity contribution is 0.919.